The van der Waals surface area contributed by atoms with Crippen molar-refractivity contribution in [3.8, 4) is 0 Å². The monoisotopic (exact) mass is 428 g/mol. The minimum atomic E-state index is -0.761. The minimum Gasteiger partial charge on any atom is -0.395 e. The van der Waals surface area contributed by atoms with Crippen LogP contribution in [0.25, 0.3) is 10.1 Å². The number of hydrogen-bond acceptors (Lipinski definition) is 6. The summed E-state index contributed by atoms with van der Waals surface area (Å²) in [5, 5.41) is 10.1. The molecule has 0 atom stereocenters. The van der Waals surface area contributed by atoms with Gasteiger partial charge in [0, 0.05) is 37.1 Å². The molecule has 10 heteroatoms. The molecule has 0 bridgehead atoms. The van der Waals surface area contributed by atoms with Crippen molar-refractivity contribution in [2.75, 3.05) is 32.8 Å². The van der Waals surface area contributed by atoms with Gasteiger partial charge in [-0.3, -0.25) is 23.9 Å². The van der Waals surface area contributed by atoms with Gasteiger partial charge in [-0.15, -0.1) is 11.3 Å². The van der Waals surface area contributed by atoms with E-state index in [0.717, 1.165) is 14.7 Å². The molecule has 0 spiro atoms. The molecule has 0 unspecified atom stereocenters. The van der Waals surface area contributed by atoms with Crippen LogP contribution in [0, 0.1) is 0 Å². The van der Waals surface area contributed by atoms with E-state index in [4.69, 9.17) is 5.11 Å². The fourth-order valence-electron chi connectivity index (χ4n) is 3.46. The maximum atomic E-state index is 12.8. The van der Waals surface area contributed by atoms with Crippen molar-refractivity contribution in [2.45, 2.75) is 6.54 Å². The van der Waals surface area contributed by atoms with Crippen LogP contribution in [0.5, 0.6) is 0 Å². The first-order chi connectivity index (χ1) is 14.5. The highest BCUT2D eigenvalue weighted by Crippen LogP contribution is 2.26. The van der Waals surface area contributed by atoms with Gasteiger partial charge in [0.25, 0.3) is 17.4 Å². The van der Waals surface area contributed by atoms with Crippen LogP contribution in [-0.2, 0) is 6.54 Å². The molecule has 0 radical (unpaired) electrons. The Balaban J connectivity index is 1.46. The molecule has 30 heavy (non-hydrogen) atoms. The number of aliphatic hydroxyl groups excluding tert-OH is 1. The summed E-state index contributed by atoms with van der Waals surface area (Å²) in [6.45, 7) is 0.966. The number of benzene rings is 1. The number of thiophene rings is 1. The highest BCUT2D eigenvalue weighted by Gasteiger charge is 2.28. The van der Waals surface area contributed by atoms with Gasteiger partial charge in [-0.2, -0.15) is 0 Å². The minimum absolute atomic E-state index is 0.0205. The van der Waals surface area contributed by atoms with Crippen molar-refractivity contribution in [1.82, 2.24) is 19.4 Å². The van der Waals surface area contributed by atoms with Gasteiger partial charge in [-0.1, -0.05) is 18.2 Å². The number of nitrogens with zero attached hydrogens (tertiary/aromatic N) is 3. The van der Waals surface area contributed by atoms with Crippen LogP contribution in [0.2, 0.25) is 0 Å². The smallest absolute Gasteiger partial charge is 0.328 e. The van der Waals surface area contributed by atoms with Gasteiger partial charge < -0.3 is 14.9 Å². The summed E-state index contributed by atoms with van der Waals surface area (Å²) in [4.78, 5) is 55.4. The van der Waals surface area contributed by atoms with Crippen LogP contribution >= 0.6 is 11.3 Å². The second-order valence-electron chi connectivity index (χ2n) is 6.95. The Kier molecular flexibility index (Phi) is 5.51. The molecule has 0 saturated carbocycles. The van der Waals surface area contributed by atoms with E-state index in [1.54, 1.807) is 4.90 Å². The van der Waals surface area contributed by atoms with Crippen molar-refractivity contribution in [3.05, 3.63) is 67.8 Å². The van der Waals surface area contributed by atoms with E-state index in [1.807, 2.05) is 30.3 Å². The van der Waals surface area contributed by atoms with Crippen LogP contribution < -0.4 is 11.2 Å². The number of aromatic amines is 1. The summed E-state index contributed by atoms with van der Waals surface area (Å²) in [5.41, 5.74) is -1.60. The summed E-state index contributed by atoms with van der Waals surface area (Å²) in [7, 11) is 0. The normalized spacial score (nSPS) is 14.3. The SMILES string of the molecule is O=C(c1cc2ccccc2s1)N1CCN(C(=O)c2cn(CCO)c(=O)[nH]c2=O)CC1. The molecular weight excluding hydrogens is 408 g/mol. The van der Waals surface area contributed by atoms with Gasteiger partial charge in [0.05, 0.1) is 18.0 Å². The second kappa shape index (κ2) is 8.25. The molecule has 2 N–H and O–H groups in total. The topological polar surface area (TPSA) is 116 Å². The average molecular weight is 428 g/mol. The van der Waals surface area contributed by atoms with Gasteiger partial charge in [-0.05, 0) is 17.5 Å². The number of hydrogen-bond donors (Lipinski definition) is 2. The number of carbonyl (C=O) groups is 2. The number of aliphatic hydroxyl groups is 1. The van der Waals surface area contributed by atoms with E-state index >= 15 is 0 Å². The zero-order valence-corrected chi connectivity index (χ0v) is 16.9. The molecule has 156 valence electrons. The van der Waals surface area contributed by atoms with Crippen LogP contribution in [-0.4, -0.2) is 69.1 Å². The Morgan fingerprint density at radius 2 is 1.70 bits per heavy atom. The maximum Gasteiger partial charge on any atom is 0.328 e. The Morgan fingerprint density at radius 1 is 1.03 bits per heavy atom. The predicted molar refractivity (Wildman–Crippen MR) is 112 cm³/mol. The lowest BCUT2D eigenvalue weighted by atomic mass is 10.2. The number of H-pyrrole nitrogens is 1. The fourth-order valence-corrected chi connectivity index (χ4v) is 4.49. The number of carbonyl (C=O) groups excluding carboxylic acids is 2. The maximum absolute atomic E-state index is 12.8. The molecule has 3 heterocycles. The van der Waals surface area contributed by atoms with Crippen LogP contribution in [0.3, 0.4) is 0 Å². The number of aromatic nitrogens is 2. The lowest BCUT2D eigenvalue weighted by molar-refractivity contribution is 0.0536. The molecule has 1 aliphatic heterocycles. The van der Waals surface area contributed by atoms with E-state index in [-0.39, 0.29) is 37.7 Å². The molecule has 0 aliphatic carbocycles. The number of amides is 2. The number of fused-ring (bicyclic) bond motifs is 1. The lowest BCUT2D eigenvalue weighted by Gasteiger charge is -2.34. The summed E-state index contributed by atoms with van der Waals surface area (Å²) in [5.74, 6) is -0.574. The standard InChI is InChI=1S/C20H20N4O5S/c25-10-9-24-12-14(17(26)21-20(24)29)18(27)22-5-7-23(8-6-22)19(28)16-11-13-3-1-2-4-15(13)30-16/h1-4,11-12,25H,5-10H2,(H,21,26,29). The molecule has 2 aromatic heterocycles. The van der Waals surface area contributed by atoms with E-state index in [9.17, 15) is 19.2 Å². The lowest BCUT2D eigenvalue weighted by Crippen LogP contribution is -2.51. The zero-order chi connectivity index (χ0) is 21.3. The van der Waals surface area contributed by atoms with Gasteiger partial charge in [0.15, 0.2) is 0 Å². The first-order valence-corrected chi connectivity index (χ1v) is 10.3. The van der Waals surface area contributed by atoms with Gasteiger partial charge in [0.1, 0.15) is 5.56 Å². The number of nitrogens with one attached hydrogen (secondary N) is 1. The Labute approximate surface area is 174 Å². The molecule has 2 amide bonds. The highest BCUT2D eigenvalue weighted by molar-refractivity contribution is 7.20. The average Bonchev–Trinajstić information content (AvgIpc) is 3.19. The fraction of sp³-hybridized carbons (Fsp3) is 0.300. The number of rotatable bonds is 4. The van der Waals surface area contributed by atoms with E-state index in [1.165, 1.54) is 22.4 Å². The number of piperazine rings is 1. The molecular formula is C20H20N4O5S. The van der Waals surface area contributed by atoms with E-state index in [2.05, 4.69) is 4.98 Å². The van der Waals surface area contributed by atoms with Gasteiger partial charge in [0.2, 0.25) is 0 Å². The highest BCUT2D eigenvalue weighted by atomic mass is 32.1. The first-order valence-electron chi connectivity index (χ1n) is 9.49. The first kappa shape index (κ1) is 20.0. The summed E-state index contributed by atoms with van der Waals surface area (Å²) in [6, 6.07) is 9.68. The molecule has 1 fully saturated rings. The summed E-state index contributed by atoms with van der Waals surface area (Å²) in [6.07, 6.45) is 1.18. The molecule has 9 nitrogen and oxygen atoms in total. The van der Waals surface area contributed by atoms with Crippen molar-refractivity contribution in [3.63, 3.8) is 0 Å². The van der Waals surface area contributed by atoms with Crippen molar-refractivity contribution in [1.29, 1.82) is 0 Å². The van der Waals surface area contributed by atoms with Gasteiger partial charge in [-0.25, -0.2) is 4.79 Å². The van der Waals surface area contributed by atoms with Crippen LogP contribution in [0.4, 0.5) is 0 Å². The Bertz CT molecular complexity index is 1190. The van der Waals surface area contributed by atoms with Crippen LogP contribution in [0.1, 0.15) is 20.0 Å². The largest absolute Gasteiger partial charge is 0.395 e. The predicted octanol–water partition coefficient (Wildman–Crippen LogP) is 0.342. The van der Waals surface area contributed by atoms with Crippen molar-refractivity contribution in [2.24, 2.45) is 0 Å². The molecule has 1 saturated heterocycles. The Hall–Kier alpha value is -3.24. The summed E-state index contributed by atoms with van der Waals surface area (Å²) < 4.78 is 2.14. The third-order valence-corrected chi connectivity index (χ3v) is 6.18. The third kappa shape index (κ3) is 3.79. The molecule has 3 aromatic rings. The third-order valence-electron chi connectivity index (χ3n) is 5.07. The molecule has 1 aliphatic rings. The molecule has 1 aromatic carbocycles. The van der Waals surface area contributed by atoms with Crippen molar-refractivity contribution < 1.29 is 14.7 Å². The quantitative estimate of drug-likeness (QED) is 0.622. The van der Waals surface area contributed by atoms with Crippen molar-refractivity contribution >= 4 is 33.2 Å². The van der Waals surface area contributed by atoms with E-state index in [0.29, 0.717) is 18.0 Å². The van der Waals surface area contributed by atoms with Gasteiger partial charge >= 0.3 is 5.69 Å². The summed E-state index contributed by atoms with van der Waals surface area (Å²) >= 11 is 1.44. The zero-order valence-electron chi connectivity index (χ0n) is 16.0. The molecule has 4 rings (SSSR count). The van der Waals surface area contributed by atoms with Crippen LogP contribution in [0.15, 0.2) is 46.1 Å². The Morgan fingerprint density at radius 3 is 2.37 bits per heavy atom. The second-order valence-corrected chi connectivity index (χ2v) is 8.04. The van der Waals surface area contributed by atoms with E-state index < -0.39 is 17.2 Å².